The Labute approximate surface area is 135 Å². The van der Waals surface area contributed by atoms with Crippen LogP contribution in [-0.2, 0) is 13.8 Å². The summed E-state index contributed by atoms with van der Waals surface area (Å²) >= 11 is 0. The van der Waals surface area contributed by atoms with Crippen LogP contribution in [0.15, 0.2) is 30.3 Å². The van der Waals surface area contributed by atoms with Crippen molar-refractivity contribution in [2.45, 2.75) is 65.1 Å². The van der Waals surface area contributed by atoms with Crippen molar-refractivity contribution in [2.24, 2.45) is 0 Å². The maximum Gasteiger partial charge on any atom is 0.237 e. The Morgan fingerprint density at radius 2 is 1.55 bits per heavy atom. The molecule has 0 amide bonds. The van der Waals surface area contributed by atoms with Gasteiger partial charge in [-0.05, 0) is 38.8 Å². The lowest BCUT2D eigenvalue weighted by Gasteiger charge is -2.34. The first-order valence-corrected chi connectivity index (χ1v) is 9.75. The number of benzene rings is 1. The van der Waals surface area contributed by atoms with E-state index in [1.807, 2.05) is 44.2 Å². The fraction of sp³-hybridized carbons (Fsp3) is 0.667. The Bertz CT molecular complexity index is 494. The van der Waals surface area contributed by atoms with E-state index in [9.17, 15) is 4.57 Å². The molecule has 0 spiro atoms. The minimum atomic E-state index is -2.95. The van der Waals surface area contributed by atoms with E-state index in [4.69, 9.17) is 9.26 Å². The van der Waals surface area contributed by atoms with Gasteiger partial charge in [0.15, 0.2) is 0 Å². The van der Waals surface area contributed by atoms with Crippen molar-refractivity contribution in [2.75, 3.05) is 13.2 Å². The minimum absolute atomic E-state index is 0.166. The standard InChI is InChI=1S/C18H31O3P/c1-7-17(3,4)20-14-15-21-22(19,18(5,6)8-2)16-12-10-9-11-13-16/h9-13H,7-8,14-15H2,1-6H3. The largest absolute Gasteiger partial charge is 0.373 e. The lowest BCUT2D eigenvalue weighted by atomic mass is 10.1. The second-order valence-electron chi connectivity index (χ2n) is 6.85. The highest BCUT2D eigenvalue weighted by atomic mass is 31.2. The topological polar surface area (TPSA) is 35.5 Å². The SMILES string of the molecule is CCC(C)(C)OCCOP(=O)(c1ccccc1)C(C)(C)CC. The maximum absolute atomic E-state index is 13.6. The van der Waals surface area contributed by atoms with Gasteiger partial charge in [0.1, 0.15) is 0 Å². The molecular weight excluding hydrogens is 295 g/mol. The van der Waals surface area contributed by atoms with Crippen LogP contribution in [0, 0.1) is 0 Å². The summed E-state index contributed by atoms with van der Waals surface area (Å²) < 4.78 is 25.3. The van der Waals surface area contributed by atoms with Crippen molar-refractivity contribution in [1.29, 1.82) is 0 Å². The second kappa shape index (κ2) is 7.77. The molecule has 1 unspecified atom stereocenters. The average Bonchev–Trinajstić information content (AvgIpc) is 2.52. The molecule has 0 aliphatic heterocycles. The zero-order valence-corrected chi connectivity index (χ0v) is 15.8. The van der Waals surface area contributed by atoms with Crippen LogP contribution in [0.1, 0.15) is 54.4 Å². The van der Waals surface area contributed by atoms with Crippen LogP contribution in [-0.4, -0.2) is 24.0 Å². The van der Waals surface area contributed by atoms with E-state index < -0.39 is 12.5 Å². The lowest BCUT2D eigenvalue weighted by molar-refractivity contribution is -0.0316. The Morgan fingerprint density at radius 1 is 0.955 bits per heavy atom. The lowest BCUT2D eigenvalue weighted by Crippen LogP contribution is -2.29. The van der Waals surface area contributed by atoms with E-state index in [0.29, 0.717) is 13.2 Å². The fourth-order valence-electron chi connectivity index (χ4n) is 2.02. The first kappa shape index (κ1) is 19.4. The van der Waals surface area contributed by atoms with Gasteiger partial charge in [-0.2, -0.15) is 0 Å². The summed E-state index contributed by atoms with van der Waals surface area (Å²) in [5, 5.41) is 0.394. The molecule has 0 N–H and O–H groups in total. The first-order valence-electron chi connectivity index (χ1n) is 8.13. The molecule has 1 rings (SSSR count). The van der Waals surface area contributed by atoms with Crippen LogP contribution < -0.4 is 5.30 Å². The van der Waals surface area contributed by atoms with Gasteiger partial charge in [0.05, 0.1) is 18.8 Å². The molecule has 0 saturated heterocycles. The highest BCUT2D eigenvalue weighted by molar-refractivity contribution is 7.68. The van der Waals surface area contributed by atoms with Crippen molar-refractivity contribution in [3.8, 4) is 0 Å². The zero-order chi connectivity index (χ0) is 16.9. The van der Waals surface area contributed by atoms with Gasteiger partial charge in [-0.3, -0.25) is 4.57 Å². The Morgan fingerprint density at radius 3 is 2.05 bits per heavy atom. The number of hydrogen-bond acceptors (Lipinski definition) is 3. The molecule has 22 heavy (non-hydrogen) atoms. The van der Waals surface area contributed by atoms with E-state index >= 15 is 0 Å². The first-order chi connectivity index (χ1) is 10.2. The van der Waals surface area contributed by atoms with Crippen LogP contribution in [0.25, 0.3) is 0 Å². The minimum Gasteiger partial charge on any atom is -0.373 e. The van der Waals surface area contributed by atoms with Crippen molar-refractivity contribution in [1.82, 2.24) is 0 Å². The van der Waals surface area contributed by atoms with Gasteiger partial charge in [-0.25, -0.2) is 0 Å². The normalized spacial score (nSPS) is 15.5. The molecule has 1 atom stereocenters. The summed E-state index contributed by atoms with van der Waals surface area (Å²) in [5.41, 5.74) is -0.166. The molecule has 1 aromatic carbocycles. The Hall–Kier alpha value is -0.630. The van der Waals surface area contributed by atoms with Gasteiger partial charge in [0.2, 0.25) is 7.37 Å². The summed E-state index contributed by atoms with van der Waals surface area (Å²) in [7, 11) is -2.95. The highest BCUT2D eigenvalue weighted by Crippen LogP contribution is 2.59. The predicted molar refractivity (Wildman–Crippen MR) is 94.3 cm³/mol. The average molecular weight is 326 g/mol. The van der Waals surface area contributed by atoms with Gasteiger partial charge in [-0.1, -0.05) is 45.9 Å². The van der Waals surface area contributed by atoms with Crippen LogP contribution in [0.2, 0.25) is 0 Å². The van der Waals surface area contributed by atoms with E-state index in [2.05, 4.69) is 27.7 Å². The van der Waals surface area contributed by atoms with Crippen molar-refractivity contribution < 1.29 is 13.8 Å². The molecule has 0 saturated carbocycles. The molecule has 0 aliphatic carbocycles. The molecule has 0 fully saturated rings. The number of hydrogen-bond donors (Lipinski definition) is 0. The molecule has 0 aromatic heterocycles. The van der Waals surface area contributed by atoms with Crippen LogP contribution in [0.5, 0.6) is 0 Å². The summed E-state index contributed by atoms with van der Waals surface area (Å²) in [6.07, 6.45) is 1.73. The molecule has 126 valence electrons. The monoisotopic (exact) mass is 326 g/mol. The van der Waals surface area contributed by atoms with Gasteiger partial charge in [0, 0.05) is 10.5 Å². The molecule has 0 radical (unpaired) electrons. The summed E-state index contributed by atoms with van der Waals surface area (Å²) in [6.45, 7) is 13.1. The van der Waals surface area contributed by atoms with Crippen LogP contribution >= 0.6 is 7.37 Å². The van der Waals surface area contributed by atoms with Gasteiger partial charge < -0.3 is 9.26 Å². The molecular formula is C18H31O3P. The highest BCUT2D eigenvalue weighted by Gasteiger charge is 2.41. The van der Waals surface area contributed by atoms with E-state index in [0.717, 1.165) is 18.1 Å². The third kappa shape index (κ3) is 4.68. The van der Waals surface area contributed by atoms with E-state index in [-0.39, 0.29) is 5.60 Å². The molecule has 0 bridgehead atoms. The number of rotatable bonds is 9. The van der Waals surface area contributed by atoms with Crippen molar-refractivity contribution >= 4 is 12.7 Å². The third-order valence-electron chi connectivity index (χ3n) is 4.46. The van der Waals surface area contributed by atoms with Crippen molar-refractivity contribution in [3.63, 3.8) is 0 Å². The Balaban J connectivity index is 2.84. The van der Waals surface area contributed by atoms with E-state index in [1.165, 1.54) is 0 Å². The summed E-state index contributed by atoms with van der Waals surface area (Å²) in [6, 6.07) is 9.55. The maximum atomic E-state index is 13.6. The zero-order valence-electron chi connectivity index (χ0n) is 14.9. The third-order valence-corrected chi connectivity index (χ3v) is 7.89. The van der Waals surface area contributed by atoms with Crippen molar-refractivity contribution in [3.05, 3.63) is 30.3 Å². The summed E-state index contributed by atoms with van der Waals surface area (Å²) in [4.78, 5) is 0. The molecule has 3 nitrogen and oxygen atoms in total. The Kier molecular flexibility index (Phi) is 6.85. The van der Waals surface area contributed by atoms with Gasteiger partial charge in [0.25, 0.3) is 0 Å². The van der Waals surface area contributed by atoms with Gasteiger partial charge in [-0.15, -0.1) is 0 Å². The molecule has 0 aliphatic rings. The summed E-state index contributed by atoms with van der Waals surface area (Å²) in [5.74, 6) is 0. The van der Waals surface area contributed by atoms with Gasteiger partial charge >= 0.3 is 0 Å². The molecule has 0 heterocycles. The van der Waals surface area contributed by atoms with Crippen LogP contribution in [0.4, 0.5) is 0 Å². The fourth-order valence-corrected chi connectivity index (χ4v) is 4.53. The molecule has 4 heteroatoms. The quantitative estimate of drug-likeness (QED) is 0.473. The second-order valence-corrected chi connectivity index (χ2v) is 9.94. The van der Waals surface area contributed by atoms with E-state index in [1.54, 1.807) is 0 Å². The number of ether oxygens (including phenoxy) is 1. The van der Waals surface area contributed by atoms with Crippen LogP contribution in [0.3, 0.4) is 0 Å². The smallest absolute Gasteiger partial charge is 0.237 e. The molecule has 1 aromatic rings. The predicted octanol–water partition coefficient (Wildman–Crippen LogP) is 5.00.